The van der Waals surface area contributed by atoms with Crippen LogP contribution in [-0.4, -0.2) is 41.1 Å². The fourth-order valence-corrected chi connectivity index (χ4v) is 1.48. The maximum atomic E-state index is 10.0. The average Bonchev–Trinajstić information content (AvgIpc) is 2.15. The molecule has 0 bridgehead atoms. The molecule has 1 aliphatic heterocycles. The Morgan fingerprint density at radius 1 is 1.41 bits per heavy atom. The topological polar surface area (TPSA) is 58.9 Å². The number of hydrogen-bond acceptors (Lipinski definition) is 4. The fourth-order valence-electron chi connectivity index (χ4n) is 1.48. The summed E-state index contributed by atoms with van der Waals surface area (Å²) >= 11 is 0. The molecule has 98 valence electrons. The van der Waals surface area contributed by atoms with Gasteiger partial charge in [-0.25, -0.2) is 0 Å². The molecule has 1 atom stereocenters. The molecule has 0 aromatic heterocycles. The maximum Gasteiger partial charge on any atom is 0.486 e. The highest BCUT2D eigenvalue weighted by molar-refractivity contribution is 6.44. The van der Waals surface area contributed by atoms with E-state index in [-0.39, 0.29) is 6.00 Å². The lowest BCUT2D eigenvalue weighted by Crippen LogP contribution is -2.53. The molecule has 1 heterocycles. The Kier molecular flexibility index (Phi) is 4.41. The highest BCUT2D eigenvalue weighted by atomic mass is 16.6. The quantitative estimate of drug-likeness (QED) is 0.576. The molecule has 17 heavy (non-hydrogen) atoms. The zero-order valence-electron chi connectivity index (χ0n) is 11.4. The van der Waals surface area contributed by atoms with E-state index >= 15 is 0 Å². The van der Waals surface area contributed by atoms with E-state index in [0.29, 0.717) is 13.0 Å². The van der Waals surface area contributed by atoms with Crippen LogP contribution in [-0.2, 0) is 9.39 Å². The zero-order valence-corrected chi connectivity index (χ0v) is 11.4. The molecular formula is C12H23BO4. The van der Waals surface area contributed by atoms with E-state index in [0.717, 1.165) is 0 Å². The number of hydrogen-bond donors (Lipinski definition) is 2. The first-order valence-corrected chi connectivity index (χ1v) is 5.99. The van der Waals surface area contributed by atoms with Crippen LogP contribution in [0.15, 0.2) is 11.6 Å². The minimum Gasteiger partial charge on any atom is -0.425 e. The molecule has 0 fully saturated rings. The lowest BCUT2D eigenvalue weighted by molar-refractivity contribution is -0.106. The van der Waals surface area contributed by atoms with E-state index in [4.69, 9.17) is 9.39 Å². The van der Waals surface area contributed by atoms with Gasteiger partial charge in [-0.1, -0.05) is 11.6 Å². The van der Waals surface area contributed by atoms with Gasteiger partial charge in [0, 0.05) is 0 Å². The standard InChI is InChI=1S/C12H23BO4/c1-9-6-7-16-10(8-9)13(15)17-12(4,5)11(2,3)14/h6,10,14-15H,7-8H2,1-5H3. The van der Waals surface area contributed by atoms with Crippen LogP contribution < -0.4 is 0 Å². The van der Waals surface area contributed by atoms with Gasteiger partial charge in [0.25, 0.3) is 0 Å². The summed E-state index contributed by atoms with van der Waals surface area (Å²) < 4.78 is 11.0. The largest absolute Gasteiger partial charge is 0.486 e. The second-order valence-corrected chi connectivity index (χ2v) is 5.70. The van der Waals surface area contributed by atoms with Crippen molar-refractivity contribution in [2.24, 2.45) is 0 Å². The van der Waals surface area contributed by atoms with Gasteiger partial charge in [-0.15, -0.1) is 0 Å². The molecule has 5 heteroatoms. The van der Waals surface area contributed by atoms with Crippen molar-refractivity contribution in [3.8, 4) is 0 Å². The summed E-state index contributed by atoms with van der Waals surface area (Å²) in [5.74, 6) is 0. The van der Waals surface area contributed by atoms with Crippen molar-refractivity contribution in [2.75, 3.05) is 6.61 Å². The molecule has 0 saturated carbocycles. The molecule has 1 aliphatic rings. The van der Waals surface area contributed by atoms with E-state index in [2.05, 4.69) is 0 Å². The normalized spacial score (nSPS) is 22.3. The summed E-state index contributed by atoms with van der Waals surface area (Å²) in [6, 6.07) is -0.360. The lowest BCUT2D eigenvalue weighted by Gasteiger charge is -2.39. The van der Waals surface area contributed by atoms with Crippen molar-refractivity contribution in [3.05, 3.63) is 11.6 Å². The van der Waals surface area contributed by atoms with Crippen LogP contribution in [0.2, 0.25) is 0 Å². The molecule has 0 aromatic carbocycles. The molecule has 1 rings (SSSR count). The van der Waals surface area contributed by atoms with Crippen LogP contribution in [0.1, 0.15) is 41.0 Å². The smallest absolute Gasteiger partial charge is 0.425 e. The summed E-state index contributed by atoms with van der Waals surface area (Å²) in [6.45, 7) is 9.33. The fraction of sp³-hybridized carbons (Fsp3) is 0.833. The van der Waals surface area contributed by atoms with Crippen LogP contribution in [0.5, 0.6) is 0 Å². The minimum atomic E-state index is -1.03. The molecular weight excluding hydrogens is 219 g/mol. The molecule has 0 aromatic rings. The third-order valence-corrected chi connectivity index (χ3v) is 3.47. The Bertz CT molecular complexity index is 293. The highest BCUT2D eigenvalue weighted by Gasteiger charge is 2.42. The van der Waals surface area contributed by atoms with Gasteiger partial charge in [0.2, 0.25) is 0 Å². The van der Waals surface area contributed by atoms with Crippen LogP contribution in [0.25, 0.3) is 0 Å². The van der Waals surface area contributed by atoms with Crippen molar-refractivity contribution < 1.29 is 19.5 Å². The number of aliphatic hydroxyl groups is 1. The van der Waals surface area contributed by atoms with Crippen molar-refractivity contribution in [3.63, 3.8) is 0 Å². The van der Waals surface area contributed by atoms with Crippen molar-refractivity contribution in [1.82, 2.24) is 0 Å². The zero-order chi connectivity index (χ0) is 13.3. The number of rotatable bonds is 4. The van der Waals surface area contributed by atoms with Crippen molar-refractivity contribution >= 4 is 7.12 Å². The summed E-state index contributed by atoms with van der Waals surface area (Å²) in [7, 11) is -1.03. The Hall–Kier alpha value is -0.355. The van der Waals surface area contributed by atoms with Gasteiger partial charge >= 0.3 is 7.12 Å². The Labute approximate surface area is 104 Å². The predicted molar refractivity (Wildman–Crippen MR) is 67.5 cm³/mol. The second kappa shape index (κ2) is 5.10. The van der Waals surface area contributed by atoms with Gasteiger partial charge in [0.1, 0.15) is 0 Å². The molecule has 0 radical (unpaired) electrons. The van der Waals surface area contributed by atoms with E-state index < -0.39 is 18.3 Å². The third-order valence-electron chi connectivity index (χ3n) is 3.47. The van der Waals surface area contributed by atoms with E-state index in [1.54, 1.807) is 27.7 Å². The van der Waals surface area contributed by atoms with Gasteiger partial charge in [0.05, 0.1) is 23.8 Å². The Balaban J connectivity index is 2.60. The van der Waals surface area contributed by atoms with E-state index in [9.17, 15) is 10.1 Å². The molecule has 2 N–H and O–H groups in total. The predicted octanol–water partition coefficient (Wildman–Crippen LogP) is 1.31. The molecule has 0 amide bonds. The SMILES string of the molecule is CC1=CCOC(B(O)OC(C)(C)C(C)(C)O)C1. The van der Waals surface area contributed by atoms with Crippen LogP contribution in [0.3, 0.4) is 0 Å². The third kappa shape index (κ3) is 3.81. The van der Waals surface area contributed by atoms with E-state index in [1.807, 2.05) is 13.0 Å². The highest BCUT2D eigenvalue weighted by Crippen LogP contribution is 2.27. The van der Waals surface area contributed by atoms with Crippen molar-refractivity contribution in [1.29, 1.82) is 0 Å². The monoisotopic (exact) mass is 242 g/mol. The summed E-state index contributed by atoms with van der Waals surface area (Å²) in [5, 5.41) is 20.0. The number of ether oxygens (including phenoxy) is 1. The van der Waals surface area contributed by atoms with Gasteiger partial charge in [-0.3, -0.25) is 0 Å². The van der Waals surface area contributed by atoms with Crippen LogP contribution in [0, 0.1) is 0 Å². The molecule has 1 unspecified atom stereocenters. The van der Waals surface area contributed by atoms with E-state index in [1.165, 1.54) is 5.57 Å². The summed E-state index contributed by atoms with van der Waals surface area (Å²) in [6.07, 6.45) is 2.65. The van der Waals surface area contributed by atoms with Gasteiger partial charge in [-0.2, -0.15) is 0 Å². The first-order valence-electron chi connectivity index (χ1n) is 5.99. The molecule has 0 saturated heterocycles. The summed E-state index contributed by atoms with van der Waals surface area (Å²) in [4.78, 5) is 0. The van der Waals surface area contributed by atoms with Gasteiger partial charge in [-0.05, 0) is 41.0 Å². The van der Waals surface area contributed by atoms with Crippen molar-refractivity contribution in [2.45, 2.75) is 58.2 Å². The lowest BCUT2D eigenvalue weighted by atomic mass is 9.74. The van der Waals surface area contributed by atoms with Crippen LogP contribution >= 0.6 is 0 Å². The second-order valence-electron chi connectivity index (χ2n) is 5.70. The summed E-state index contributed by atoms with van der Waals surface area (Å²) in [5.41, 5.74) is -0.691. The van der Waals surface area contributed by atoms with Crippen LogP contribution in [0.4, 0.5) is 0 Å². The molecule has 0 aliphatic carbocycles. The average molecular weight is 242 g/mol. The first kappa shape index (κ1) is 14.7. The molecule has 0 spiro atoms. The Morgan fingerprint density at radius 2 is 2.00 bits per heavy atom. The Morgan fingerprint density at radius 3 is 2.47 bits per heavy atom. The minimum absolute atomic E-state index is 0.360. The first-order chi connectivity index (χ1) is 7.63. The maximum absolute atomic E-state index is 10.0. The van der Waals surface area contributed by atoms with Gasteiger partial charge < -0.3 is 19.5 Å². The molecule has 4 nitrogen and oxygen atoms in total. The van der Waals surface area contributed by atoms with Gasteiger partial charge in [0.15, 0.2) is 0 Å².